The van der Waals surface area contributed by atoms with E-state index < -0.39 is 5.54 Å². The van der Waals surface area contributed by atoms with Crippen molar-refractivity contribution in [2.75, 3.05) is 6.61 Å². The van der Waals surface area contributed by atoms with E-state index in [1.54, 1.807) is 0 Å². The predicted molar refractivity (Wildman–Crippen MR) is 129 cm³/mol. The van der Waals surface area contributed by atoms with Gasteiger partial charge in [-0.2, -0.15) is 0 Å². The Morgan fingerprint density at radius 2 is 1.93 bits per heavy atom. The average molecular weight is 521 g/mol. The minimum absolute atomic E-state index is 0.309. The molecule has 1 aliphatic carbocycles. The highest BCUT2D eigenvalue weighted by molar-refractivity contribution is 14.1. The molecule has 30 heavy (non-hydrogen) atoms. The summed E-state index contributed by atoms with van der Waals surface area (Å²) in [6.07, 6.45) is 5.98. The molecule has 2 fully saturated rings. The minimum atomic E-state index is -0.475. The van der Waals surface area contributed by atoms with Crippen molar-refractivity contribution < 1.29 is 14.3 Å². The number of benzene rings is 2. The lowest BCUT2D eigenvalue weighted by atomic mass is 9.69. The van der Waals surface area contributed by atoms with Gasteiger partial charge < -0.3 is 14.8 Å². The third-order valence-electron chi connectivity index (χ3n) is 7.41. The first-order valence-corrected chi connectivity index (χ1v) is 12.1. The number of cyclic esters (lactones) is 1. The average Bonchev–Trinajstić information content (AvgIpc) is 3.10. The van der Waals surface area contributed by atoms with Crippen LogP contribution < -0.4 is 10.1 Å². The number of ether oxygens (including phenoxy) is 2. The number of amides is 1. The maximum atomic E-state index is 11.5. The van der Waals surface area contributed by atoms with E-state index in [0.29, 0.717) is 18.1 Å². The number of nitrogens with one attached hydrogen (secondary N) is 1. The fraction of sp³-hybridized carbons (Fsp3) is 0.560. The quantitative estimate of drug-likeness (QED) is 0.442. The monoisotopic (exact) mass is 521 g/mol. The zero-order valence-corrected chi connectivity index (χ0v) is 20.5. The molecular weight excluding hydrogens is 489 g/mol. The van der Waals surface area contributed by atoms with Gasteiger partial charge in [0.1, 0.15) is 12.4 Å². The Morgan fingerprint density at radius 1 is 1.20 bits per heavy atom. The van der Waals surface area contributed by atoms with Crippen molar-refractivity contribution in [1.82, 2.24) is 5.32 Å². The summed E-state index contributed by atoms with van der Waals surface area (Å²) in [4.78, 5) is 11.5. The Labute approximate surface area is 193 Å². The van der Waals surface area contributed by atoms with E-state index >= 15 is 0 Å². The molecule has 1 saturated heterocycles. The van der Waals surface area contributed by atoms with E-state index in [1.807, 2.05) is 6.92 Å². The van der Waals surface area contributed by atoms with Gasteiger partial charge in [0.25, 0.3) is 0 Å². The van der Waals surface area contributed by atoms with E-state index in [1.165, 1.54) is 24.6 Å². The lowest BCUT2D eigenvalue weighted by Crippen LogP contribution is -2.37. The summed E-state index contributed by atoms with van der Waals surface area (Å²) < 4.78 is 12.8. The molecule has 2 aliphatic rings. The molecule has 0 aromatic heterocycles. The van der Waals surface area contributed by atoms with Crippen LogP contribution in [0.3, 0.4) is 0 Å². The van der Waals surface area contributed by atoms with Gasteiger partial charge in [0.15, 0.2) is 0 Å². The molecule has 0 unspecified atom stereocenters. The van der Waals surface area contributed by atoms with E-state index in [2.05, 4.69) is 79.0 Å². The molecule has 1 aliphatic heterocycles. The van der Waals surface area contributed by atoms with Gasteiger partial charge in [0, 0.05) is 0 Å². The van der Waals surface area contributed by atoms with Gasteiger partial charge >= 0.3 is 6.09 Å². The summed E-state index contributed by atoms with van der Waals surface area (Å²) in [5, 5.41) is 5.26. The second kappa shape index (κ2) is 8.21. The van der Waals surface area contributed by atoms with Crippen LogP contribution in [0.2, 0.25) is 0 Å². The van der Waals surface area contributed by atoms with E-state index in [4.69, 9.17) is 9.47 Å². The number of carbonyl (C=O) groups is 1. The largest absolute Gasteiger partial charge is 0.489 e. The topological polar surface area (TPSA) is 47.6 Å². The Hall–Kier alpha value is -1.50. The number of carbonyl (C=O) groups excluding carboxylic acids is 1. The number of halogens is 1. The standard InChI is InChI=1S/C25H32INO3/c1-5-24(2,3)17-7-10-19(11-8-17)30-21-13-6-16-14-18(9-12-20(16)22(21)26)25(4)15-29-23(28)27-25/h6,9,12-14,17,19H,5,7-8,10-11,15H2,1-4H3,(H,27,28)/t17?,19?,25-/m0/s1. The Kier molecular flexibility index (Phi) is 5.94. The van der Waals surface area contributed by atoms with Gasteiger partial charge in [-0.15, -0.1) is 0 Å². The fourth-order valence-electron chi connectivity index (χ4n) is 4.80. The molecule has 1 heterocycles. The summed E-state index contributed by atoms with van der Waals surface area (Å²) in [6, 6.07) is 10.6. The molecule has 0 spiro atoms. The third-order valence-corrected chi connectivity index (χ3v) is 8.52. The predicted octanol–water partition coefficient (Wildman–Crippen LogP) is 6.77. The Balaban J connectivity index is 1.49. The number of hydrogen-bond acceptors (Lipinski definition) is 3. The van der Waals surface area contributed by atoms with Crippen molar-refractivity contribution in [3.05, 3.63) is 39.5 Å². The molecule has 1 amide bonds. The minimum Gasteiger partial charge on any atom is -0.489 e. The molecule has 1 N–H and O–H groups in total. The third kappa shape index (κ3) is 4.14. The van der Waals surface area contributed by atoms with E-state index in [9.17, 15) is 4.79 Å². The van der Waals surface area contributed by atoms with Crippen molar-refractivity contribution in [2.24, 2.45) is 11.3 Å². The molecule has 2 aromatic carbocycles. The molecule has 162 valence electrons. The van der Waals surface area contributed by atoms with Crippen LogP contribution in [0.1, 0.15) is 65.4 Å². The smallest absolute Gasteiger partial charge is 0.408 e. The lowest BCUT2D eigenvalue weighted by molar-refractivity contribution is 0.0775. The van der Waals surface area contributed by atoms with Crippen molar-refractivity contribution in [3.8, 4) is 5.75 Å². The normalized spacial score (nSPS) is 27.0. The summed E-state index contributed by atoms with van der Waals surface area (Å²) in [6.45, 7) is 9.47. The number of fused-ring (bicyclic) bond motifs is 1. The molecule has 0 radical (unpaired) electrons. The molecule has 1 atom stereocenters. The highest BCUT2D eigenvalue weighted by Gasteiger charge is 2.37. The summed E-state index contributed by atoms with van der Waals surface area (Å²) >= 11 is 2.41. The maximum Gasteiger partial charge on any atom is 0.408 e. The van der Waals surface area contributed by atoms with Crippen molar-refractivity contribution in [2.45, 2.75) is 71.4 Å². The van der Waals surface area contributed by atoms with E-state index in [-0.39, 0.29) is 6.09 Å². The first-order chi connectivity index (χ1) is 14.2. The SMILES string of the molecule is CCC(C)(C)C1CCC(Oc2ccc3cc([C@]4(C)COC(=O)N4)ccc3c2I)CC1. The zero-order chi connectivity index (χ0) is 21.5. The number of hydrogen-bond donors (Lipinski definition) is 1. The second-order valence-corrected chi connectivity index (χ2v) is 10.9. The van der Waals surface area contributed by atoms with Gasteiger partial charge in [-0.25, -0.2) is 4.79 Å². The number of rotatable bonds is 5. The van der Waals surface area contributed by atoms with Gasteiger partial charge in [-0.1, -0.05) is 45.4 Å². The lowest BCUT2D eigenvalue weighted by Gasteiger charge is -2.39. The van der Waals surface area contributed by atoms with Crippen LogP contribution in [0, 0.1) is 14.9 Å². The van der Waals surface area contributed by atoms with Crippen LogP contribution in [0.4, 0.5) is 4.79 Å². The first-order valence-electron chi connectivity index (χ1n) is 11.1. The summed E-state index contributed by atoms with van der Waals surface area (Å²) in [5.41, 5.74) is 1.01. The molecule has 1 saturated carbocycles. The highest BCUT2D eigenvalue weighted by atomic mass is 127. The van der Waals surface area contributed by atoms with Gasteiger partial charge in [0.05, 0.1) is 15.2 Å². The zero-order valence-electron chi connectivity index (χ0n) is 18.4. The van der Waals surface area contributed by atoms with Crippen LogP contribution in [-0.4, -0.2) is 18.8 Å². The summed E-state index contributed by atoms with van der Waals surface area (Å²) in [5.74, 6) is 1.79. The Bertz CT molecular complexity index is 949. The molecular formula is C25H32INO3. The van der Waals surface area contributed by atoms with Crippen LogP contribution >= 0.6 is 22.6 Å². The van der Waals surface area contributed by atoms with Crippen LogP contribution in [0.15, 0.2) is 30.3 Å². The fourth-order valence-corrected chi connectivity index (χ4v) is 5.60. The molecule has 4 nitrogen and oxygen atoms in total. The second-order valence-electron chi connectivity index (χ2n) is 9.78. The van der Waals surface area contributed by atoms with Gasteiger partial charge in [0.2, 0.25) is 0 Å². The highest BCUT2D eigenvalue weighted by Crippen LogP contribution is 2.42. The van der Waals surface area contributed by atoms with Gasteiger partial charge in [-0.3, -0.25) is 0 Å². The Morgan fingerprint density at radius 3 is 2.57 bits per heavy atom. The summed E-state index contributed by atoms with van der Waals surface area (Å²) in [7, 11) is 0. The van der Waals surface area contributed by atoms with Crippen LogP contribution in [-0.2, 0) is 10.3 Å². The molecule has 2 aromatic rings. The van der Waals surface area contributed by atoms with E-state index in [0.717, 1.165) is 39.0 Å². The van der Waals surface area contributed by atoms with Crippen LogP contribution in [0.5, 0.6) is 5.75 Å². The van der Waals surface area contributed by atoms with Crippen molar-refractivity contribution >= 4 is 39.5 Å². The molecule has 4 rings (SSSR count). The maximum absolute atomic E-state index is 11.5. The molecule has 0 bridgehead atoms. The van der Waals surface area contributed by atoms with Crippen molar-refractivity contribution in [3.63, 3.8) is 0 Å². The number of alkyl carbamates (subject to hydrolysis) is 1. The van der Waals surface area contributed by atoms with Gasteiger partial charge in [-0.05, 0) is 95.0 Å². The van der Waals surface area contributed by atoms with Crippen LogP contribution in [0.25, 0.3) is 10.8 Å². The van der Waals surface area contributed by atoms with Crippen molar-refractivity contribution in [1.29, 1.82) is 0 Å². The molecule has 5 heteroatoms. The first kappa shape index (κ1) is 21.7.